The highest BCUT2D eigenvalue weighted by atomic mass is 16.2. The maximum absolute atomic E-state index is 12.2. The van der Waals surface area contributed by atoms with Crippen molar-refractivity contribution in [2.24, 2.45) is 12.5 Å². The van der Waals surface area contributed by atoms with E-state index in [0.29, 0.717) is 5.56 Å². The van der Waals surface area contributed by atoms with Gasteiger partial charge in [-0.25, -0.2) is 0 Å². The normalized spacial score (nSPS) is 21.9. The molecule has 0 bridgehead atoms. The van der Waals surface area contributed by atoms with Gasteiger partial charge in [-0.2, -0.15) is 0 Å². The lowest BCUT2D eigenvalue weighted by Crippen LogP contribution is -2.47. The molecule has 1 aromatic heterocycles. The second-order valence-corrected chi connectivity index (χ2v) is 6.12. The molecule has 1 heterocycles. The fourth-order valence-electron chi connectivity index (χ4n) is 2.69. The van der Waals surface area contributed by atoms with E-state index in [1.165, 1.54) is 17.1 Å². The lowest BCUT2D eigenvalue weighted by Gasteiger charge is -2.39. The summed E-state index contributed by atoms with van der Waals surface area (Å²) < 4.78 is 1.46. The Hall–Kier alpha value is -1.58. The first-order chi connectivity index (χ1) is 8.90. The van der Waals surface area contributed by atoms with Gasteiger partial charge in [0.25, 0.3) is 11.5 Å². The zero-order valence-electron chi connectivity index (χ0n) is 11.9. The minimum Gasteiger partial charge on any atom is -0.349 e. The highest BCUT2D eigenvalue weighted by molar-refractivity contribution is 5.94. The summed E-state index contributed by atoms with van der Waals surface area (Å²) in [5.41, 5.74) is 0.424. The summed E-state index contributed by atoms with van der Waals surface area (Å²) in [6, 6.07) is 3.27. The van der Waals surface area contributed by atoms with Crippen LogP contribution in [0.5, 0.6) is 0 Å². The third-order valence-corrected chi connectivity index (χ3v) is 4.18. The van der Waals surface area contributed by atoms with Crippen molar-refractivity contribution in [1.82, 2.24) is 9.88 Å². The summed E-state index contributed by atoms with van der Waals surface area (Å²) in [7, 11) is 1.67. The molecule has 1 fully saturated rings. The van der Waals surface area contributed by atoms with Gasteiger partial charge in [0, 0.05) is 30.9 Å². The van der Waals surface area contributed by atoms with Crippen LogP contribution in [0.1, 0.15) is 49.9 Å². The van der Waals surface area contributed by atoms with E-state index in [9.17, 15) is 9.59 Å². The average Bonchev–Trinajstić information content (AvgIpc) is 2.35. The predicted octanol–water partition coefficient (Wildman–Crippen LogP) is 2.08. The molecule has 4 heteroatoms. The molecule has 1 aromatic rings. The standard InChI is InChI=1S/C15H22N2O2/c1-15(2)8-5-4-6-12(15)16-14(19)11-7-9-17(3)13(18)10-11/h7,9-10,12H,4-6,8H2,1-3H3,(H,16,19). The molecule has 1 aliphatic rings. The van der Waals surface area contributed by atoms with E-state index in [-0.39, 0.29) is 22.9 Å². The summed E-state index contributed by atoms with van der Waals surface area (Å²) in [4.78, 5) is 23.8. The molecule has 1 aliphatic carbocycles. The number of aryl methyl sites for hydroxylation is 1. The van der Waals surface area contributed by atoms with E-state index in [4.69, 9.17) is 0 Å². The highest BCUT2D eigenvalue weighted by Crippen LogP contribution is 2.35. The molecule has 104 valence electrons. The van der Waals surface area contributed by atoms with Crippen molar-refractivity contribution in [3.8, 4) is 0 Å². The van der Waals surface area contributed by atoms with Gasteiger partial charge in [-0.1, -0.05) is 26.7 Å². The lowest BCUT2D eigenvalue weighted by atomic mass is 9.73. The van der Waals surface area contributed by atoms with E-state index in [0.717, 1.165) is 19.3 Å². The first kappa shape index (κ1) is 13.8. The minimum atomic E-state index is -0.157. The van der Waals surface area contributed by atoms with E-state index < -0.39 is 0 Å². The molecular formula is C15H22N2O2. The number of nitrogens with one attached hydrogen (secondary N) is 1. The molecule has 1 atom stereocenters. The van der Waals surface area contributed by atoms with Gasteiger partial charge in [0.1, 0.15) is 0 Å². The first-order valence-corrected chi connectivity index (χ1v) is 6.88. The van der Waals surface area contributed by atoms with Gasteiger partial charge < -0.3 is 9.88 Å². The smallest absolute Gasteiger partial charge is 0.251 e. The van der Waals surface area contributed by atoms with Crippen LogP contribution in [0.25, 0.3) is 0 Å². The van der Waals surface area contributed by atoms with Crippen LogP contribution in [0.2, 0.25) is 0 Å². The fourth-order valence-corrected chi connectivity index (χ4v) is 2.69. The van der Waals surface area contributed by atoms with Crippen molar-refractivity contribution in [2.45, 2.75) is 45.6 Å². The van der Waals surface area contributed by atoms with Crippen LogP contribution in [-0.4, -0.2) is 16.5 Å². The quantitative estimate of drug-likeness (QED) is 0.887. The third kappa shape index (κ3) is 3.06. The molecule has 0 spiro atoms. The second kappa shape index (κ2) is 5.19. The average molecular weight is 262 g/mol. The fraction of sp³-hybridized carbons (Fsp3) is 0.600. The molecule has 4 nitrogen and oxygen atoms in total. The van der Waals surface area contributed by atoms with Crippen LogP contribution in [0, 0.1) is 5.41 Å². The number of nitrogens with zero attached hydrogens (tertiary/aromatic N) is 1. The molecule has 1 unspecified atom stereocenters. The largest absolute Gasteiger partial charge is 0.349 e. The van der Waals surface area contributed by atoms with Crippen molar-refractivity contribution in [2.75, 3.05) is 0 Å². The van der Waals surface area contributed by atoms with Gasteiger partial charge in [-0.3, -0.25) is 9.59 Å². The van der Waals surface area contributed by atoms with Gasteiger partial charge in [-0.15, -0.1) is 0 Å². The monoisotopic (exact) mass is 262 g/mol. The molecule has 1 saturated carbocycles. The highest BCUT2D eigenvalue weighted by Gasteiger charge is 2.33. The van der Waals surface area contributed by atoms with E-state index >= 15 is 0 Å². The van der Waals surface area contributed by atoms with E-state index in [1.54, 1.807) is 19.3 Å². The predicted molar refractivity (Wildman–Crippen MR) is 75.2 cm³/mol. The van der Waals surface area contributed by atoms with Crippen molar-refractivity contribution in [3.05, 3.63) is 34.2 Å². The molecule has 1 amide bonds. The molecule has 19 heavy (non-hydrogen) atoms. The number of pyridine rings is 1. The molecular weight excluding hydrogens is 240 g/mol. The number of aromatic nitrogens is 1. The second-order valence-electron chi connectivity index (χ2n) is 6.12. The van der Waals surface area contributed by atoms with Gasteiger partial charge in [0.05, 0.1) is 0 Å². The van der Waals surface area contributed by atoms with Crippen LogP contribution >= 0.6 is 0 Å². The molecule has 1 N–H and O–H groups in total. The van der Waals surface area contributed by atoms with Crippen LogP contribution in [0.15, 0.2) is 23.1 Å². The Labute approximate surface area is 113 Å². The molecule has 0 saturated heterocycles. The Bertz CT molecular complexity index is 531. The van der Waals surface area contributed by atoms with Crippen LogP contribution in [0.3, 0.4) is 0 Å². The van der Waals surface area contributed by atoms with Crippen LogP contribution in [-0.2, 0) is 7.05 Å². The number of amides is 1. The van der Waals surface area contributed by atoms with Crippen LogP contribution < -0.4 is 10.9 Å². The minimum absolute atomic E-state index is 0.133. The molecule has 2 rings (SSSR count). The topological polar surface area (TPSA) is 51.1 Å². The number of hydrogen-bond donors (Lipinski definition) is 1. The van der Waals surface area contributed by atoms with E-state index in [2.05, 4.69) is 19.2 Å². The summed E-state index contributed by atoms with van der Waals surface area (Å²) in [5, 5.41) is 3.09. The molecule has 0 aromatic carbocycles. The Balaban J connectivity index is 2.12. The van der Waals surface area contributed by atoms with Crippen molar-refractivity contribution >= 4 is 5.91 Å². The zero-order valence-corrected chi connectivity index (χ0v) is 11.9. The summed E-state index contributed by atoms with van der Waals surface area (Å²) in [6.07, 6.45) is 6.16. The maximum atomic E-state index is 12.2. The van der Waals surface area contributed by atoms with Gasteiger partial charge in [-0.05, 0) is 24.3 Å². The Morgan fingerprint density at radius 2 is 2.16 bits per heavy atom. The molecule has 0 radical (unpaired) electrons. The number of carbonyl (C=O) groups is 1. The Kier molecular flexibility index (Phi) is 3.78. The van der Waals surface area contributed by atoms with Gasteiger partial charge in [0.15, 0.2) is 0 Å². The third-order valence-electron chi connectivity index (χ3n) is 4.18. The van der Waals surface area contributed by atoms with E-state index in [1.807, 2.05) is 0 Å². The maximum Gasteiger partial charge on any atom is 0.251 e. The SMILES string of the molecule is Cn1ccc(C(=O)NC2CCCCC2(C)C)cc1=O. The number of hydrogen-bond acceptors (Lipinski definition) is 2. The van der Waals surface area contributed by atoms with Crippen molar-refractivity contribution in [1.29, 1.82) is 0 Å². The van der Waals surface area contributed by atoms with Crippen molar-refractivity contribution < 1.29 is 4.79 Å². The summed E-state index contributed by atoms with van der Waals surface area (Å²) in [5.74, 6) is -0.141. The van der Waals surface area contributed by atoms with Gasteiger partial charge >= 0.3 is 0 Å². The summed E-state index contributed by atoms with van der Waals surface area (Å²) in [6.45, 7) is 4.39. The van der Waals surface area contributed by atoms with Crippen LogP contribution in [0.4, 0.5) is 0 Å². The van der Waals surface area contributed by atoms with Gasteiger partial charge in [0.2, 0.25) is 0 Å². The Morgan fingerprint density at radius 3 is 2.79 bits per heavy atom. The number of carbonyl (C=O) groups excluding carboxylic acids is 1. The zero-order chi connectivity index (χ0) is 14.0. The Morgan fingerprint density at radius 1 is 1.42 bits per heavy atom. The lowest BCUT2D eigenvalue weighted by molar-refractivity contribution is 0.0853. The summed E-state index contributed by atoms with van der Waals surface area (Å²) >= 11 is 0. The van der Waals surface area contributed by atoms with Crippen molar-refractivity contribution in [3.63, 3.8) is 0 Å². The molecule has 0 aliphatic heterocycles. The first-order valence-electron chi connectivity index (χ1n) is 6.88. The number of rotatable bonds is 2.